The van der Waals surface area contributed by atoms with Crippen molar-refractivity contribution in [3.63, 3.8) is 0 Å². The van der Waals surface area contributed by atoms with Crippen LogP contribution in [0.5, 0.6) is 5.88 Å². The minimum Gasteiger partial charge on any atom is -0.478 e. The molecule has 2 aromatic rings. The number of nitrogens with one attached hydrogen (secondary N) is 1. The Kier molecular flexibility index (Phi) is 3.76. The van der Waals surface area contributed by atoms with E-state index in [1.807, 2.05) is 27.1 Å². The van der Waals surface area contributed by atoms with Crippen molar-refractivity contribution in [3.8, 4) is 5.88 Å². The van der Waals surface area contributed by atoms with E-state index in [9.17, 15) is 0 Å². The minimum absolute atomic E-state index is 0.581. The van der Waals surface area contributed by atoms with Crippen molar-refractivity contribution in [2.75, 3.05) is 11.9 Å². The molecular weight excluding hydrogens is 230 g/mol. The maximum Gasteiger partial charge on any atom is 0.218 e. The summed E-state index contributed by atoms with van der Waals surface area (Å²) in [6.07, 6.45) is 3.48. The van der Waals surface area contributed by atoms with E-state index in [2.05, 4.69) is 20.4 Å². The van der Waals surface area contributed by atoms with Crippen LogP contribution in [-0.2, 0) is 13.6 Å². The van der Waals surface area contributed by atoms with Crippen LogP contribution in [-0.4, -0.2) is 26.4 Å². The number of hydrogen-bond donors (Lipinski definition) is 1. The van der Waals surface area contributed by atoms with Gasteiger partial charge in [0.15, 0.2) is 0 Å². The van der Waals surface area contributed by atoms with Crippen molar-refractivity contribution in [2.24, 2.45) is 7.05 Å². The molecule has 2 aromatic heterocycles. The molecule has 0 fully saturated rings. The standard InChI is InChI=1S/C12H17N5O/c1-4-18-12-5-11(14-8-15-12)13-6-10-7-17(3)16-9(10)2/h5,7-8H,4,6H2,1-3H3,(H,13,14,15). The van der Waals surface area contributed by atoms with Gasteiger partial charge in [-0.3, -0.25) is 4.68 Å². The van der Waals surface area contributed by atoms with Gasteiger partial charge in [0.1, 0.15) is 12.1 Å². The number of nitrogens with zero attached hydrogens (tertiary/aromatic N) is 4. The van der Waals surface area contributed by atoms with Crippen molar-refractivity contribution in [1.29, 1.82) is 0 Å². The van der Waals surface area contributed by atoms with E-state index in [-0.39, 0.29) is 0 Å². The van der Waals surface area contributed by atoms with Crippen molar-refractivity contribution < 1.29 is 4.74 Å². The Morgan fingerprint density at radius 2 is 2.22 bits per heavy atom. The quantitative estimate of drug-likeness (QED) is 0.868. The molecule has 96 valence electrons. The van der Waals surface area contributed by atoms with Gasteiger partial charge in [-0.1, -0.05) is 0 Å². The molecule has 0 bridgehead atoms. The number of anilines is 1. The van der Waals surface area contributed by atoms with Crippen LogP contribution >= 0.6 is 0 Å². The molecule has 0 spiro atoms. The van der Waals surface area contributed by atoms with Gasteiger partial charge in [0.25, 0.3) is 0 Å². The SMILES string of the molecule is CCOc1cc(NCc2cn(C)nc2C)ncn1. The fourth-order valence-corrected chi connectivity index (χ4v) is 1.67. The lowest BCUT2D eigenvalue weighted by atomic mass is 10.2. The van der Waals surface area contributed by atoms with Crippen molar-refractivity contribution in [1.82, 2.24) is 19.7 Å². The molecule has 0 saturated carbocycles. The highest BCUT2D eigenvalue weighted by atomic mass is 16.5. The van der Waals surface area contributed by atoms with Gasteiger partial charge in [0.05, 0.1) is 12.3 Å². The van der Waals surface area contributed by atoms with Gasteiger partial charge in [0, 0.05) is 31.4 Å². The molecule has 0 aliphatic rings. The lowest BCUT2D eigenvalue weighted by Gasteiger charge is -2.06. The third-order valence-electron chi connectivity index (χ3n) is 2.51. The zero-order valence-corrected chi connectivity index (χ0v) is 10.8. The summed E-state index contributed by atoms with van der Waals surface area (Å²) in [7, 11) is 1.91. The summed E-state index contributed by atoms with van der Waals surface area (Å²) < 4.78 is 7.12. The first-order valence-corrected chi connectivity index (χ1v) is 5.87. The minimum atomic E-state index is 0.581. The highest BCUT2D eigenvalue weighted by Gasteiger charge is 2.04. The normalized spacial score (nSPS) is 10.4. The Balaban J connectivity index is 2.01. The first kappa shape index (κ1) is 12.3. The summed E-state index contributed by atoms with van der Waals surface area (Å²) in [5.41, 5.74) is 2.16. The van der Waals surface area contributed by atoms with E-state index in [1.54, 1.807) is 10.7 Å². The fraction of sp³-hybridized carbons (Fsp3) is 0.417. The average molecular weight is 247 g/mol. The number of aryl methyl sites for hydroxylation is 2. The van der Waals surface area contributed by atoms with E-state index in [1.165, 1.54) is 6.33 Å². The Labute approximate surface area is 106 Å². The topological polar surface area (TPSA) is 64.9 Å². The first-order valence-electron chi connectivity index (χ1n) is 5.87. The maximum absolute atomic E-state index is 5.32. The van der Waals surface area contributed by atoms with Gasteiger partial charge < -0.3 is 10.1 Å². The van der Waals surface area contributed by atoms with Crippen molar-refractivity contribution >= 4 is 5.82 Å². The molecule has 0 amide bonds. The molecule has 6 nitrogen and oxygen atoms in total. The predicted molar refractivity (Wildman–Crippen MR) is 68.5 cm³/mol. The van der Waals surface area contributed by atoms with E-state index in [0.29, 0.717) is 19.0 Å². The molecule has 2 heterocycles. The molecule has 2 rings (SSSR count). The van der Waals surface area contributed by atoms with Crippen LogP contribution in [0.2, 0.25) is 0 Å². The Morgan fingerprint density at radius 1 is 1.39 bits per heavy atom. The molecule has 0 aliphatic heterocycles. The van der Waals surface area contributed by atoms with E-state index < -0.39 is 0 Å². The van der Waals surface area contributed by atoms with Crippen LogP contribution in [0.25, 0.3) is 0 Å². The lowest BCUT2D eigenvalue weighted by Crippen LogP contribution is -2.03. The molecule has 0 aromatic carbocycles. The van der Waals surface area contributed by atoms with Gasteiger partial charge in [-0.2, -0.15) is 5.10 Å². The van der Waals surface area contributed by atoms with Gasteiger partial charge >= 0.3 is 0 Å². The molecule has 0 saturated heterocycles. The van der Waals surface area contributed by atoms with Gasteiger partial charge in [-0.25, -0.2) is 9.97 Å². The average Bonchev–Trinajstić information content (AvgIpc) is 2.66. The first-order chi connectivity index (χ1) is 8.69. The second kappa shape index (κ2) is 5.48. The molecule has 0 unspecified atom stereocenters. The van der Waals surface area contributed by atoms with Crippen LogP contribution in [0.4, 0.5) is 5.82 Å². The van der Waals surface area contributed by atoms with Crippen LogP contribution in [0, 0.1) is 6.92 Å². The second-order valence-electron chi connectivity index (χ2n) is 3.94. The molecule has 1 N–H and O–H groups in total. The molecule has 6 heteroatoms. The summed E-state index contributed by atoms with van der Waals surface area (Å²) in [4.78, 5) is 8.16. The van der Waals surface area contributed by atoms with E-state index >= 15 is 0 Å². The summed E-state index contributed by atoms with van der Waals surface area (Å²) in [5.74, 6) is 1.33. The molecule has 0 atom stereocenters. The molecular formula is C12H17N5O. The predicted octanol–water partition coefficient (Wildman–Crippen LogP) is 1.53. The lowest BCUT2D eigenvalue weighted by molar-refractivity contribution is 0.326. The largest absolute Gasteiger partial charge is 0.478 e. The molecule has 0 radical (unpaired) electrons. The van der Waals surface area contributed by atoms with E-state index in [0.717, 1.165) is 17.1 Å². The Hall–Kier alpha value is -2.11. The number of rotatable bonds is 5. The summed E-state index contributed by atoms with van der Waals surface area (Å²) in [6.45, 7) is 5.19. The highest BCUT2D eigenvalue weighted by molar-refractivity contribution is 5.38. The zero-order valence-electron chi connectivity index (χ0n) is 10.8. The number of hydrogen-bond acceptors (Lipinski definition) is 5. The third kappa shape index (κ3) is 2.97. The Morgan fingerprint density at radius 3 is 2.89 bits per heavy atom. The summed E-state index contributed by atoms with van der Waals surface area (Å²) in [5, 5.41) is 7.52. The van der Waals surface area contributed by atoms with Crippen LogP contribution < -0.4 is 10.1 Å². The number of ether oxygens (including phenoxy) is 1. The van der Waals surface area contributed by atoms with Crippen LogP contribution in [0.15, 0.2) is 18.6 Å². The van der Waals surface area contributed by atoms with Gasteiger partial charge in [-0.05, 0) is 13.8 Å². The van der Waals surface area contributed by atoms with Gasteiger partial charge in [0.2, 0.25) is 5.88 Å². The Bertz CT molecular complexity index is 523. The maximum atomic E-state index is 5.32. The van der Waals surface area contributed by atoms with Crippen molar-refractivity contribution in [3.05, 3.63) is 29.8 Å². The smallest absolute Gasteiger partial charge is 0.218 e. The molecule has 0 aliphatic carbocycles. The third-order valence-corrected chi connectivity index (χ3v) is 2.51. The van der Waals surface area contributed by atoms with Crippen LogP contribution in [0.3, 0.4) is 0 Å². The molecule has 18 heavy (non-hydrogen) atoms. The summed E-state index contributed by atoms with van der Waals surface area (Å²) in [6, 6.07) is 1.79. The number of aromatic nitrogens is 4. The summed E-state index contributed by atoms with van der Waals surface area (Å²) >= 11 is 0. The van der Waals surface area contributed by atoms with E-state index in [4.69, 9.17) is 4.74 Å². The highest BCUT2D eigenvalue weighted by Crippen LogP contribution is 2.13. The van der Waals surface area contributed by atoms with Crippen LogP contribution in [0.1, 0.15) is 18.2 Å². The van der Waals surface area contributed by atoms with Gasteiger partial charge in [-0.15, -0.1) is 0 Å². The fourth-order valence-electron chi connectivity index (χ4n) is 1.67. The monoisotopic (exact) mass is 247 g/mol. The zero-order chi connectivity index (χ0) is 13.0. The van der Waals surface area contributed by atoms with Crippen molar-refractivity contribution in [2.45, 2.75) is 20.4 Å². The second-order valence-corrected chi connectivity index (χ2v) is 3.94.